The van der Waals surface area contributed by atoms with Gasteiger partial charge in [0.1, 0.15) is 17.6 Å². The molecule has 5 heteroatoms. The Bertz CT molecular complexity index is 870. The van der Waals surface area contributed by atoms with Gasteiger partial charge in [0.2, 0.25) is 0 Å². The average molecular weight is 352 g/mol. The van der Waals surface area contributed by atoms with E-state index in [0.717, 1.165) is 28.0 Å². The number of fused-ring (bicyclic) bond motifs is 1. The fraction of sp³-hybridized carbons (Fsp3) is 0.238. The molecule has 0 aliphatic rings. The lowest BCUT2D eigenvalue weighted by Gasteiger charge is -2.22. The molecule has 0 radical (unpaired) electrons. The van der Waals surface area contributed by atoms with E-state index in [1.165, 1.54) is 0 Å². The summed E-state index contributed by atoms with van der Waals surface area (Å²) in [4.78, 5) is 3.16. The van der Waals surface area contributed by atoms with Gasteiger partial charge in [0.05, 0.1) is 7.11 Å². The van der Waals surface area contributed by atoms with Gasteiger partial charge in [-0.25, -0.2) is 0 Å². The number of aromatic amines is 1. The lowest BCUT2D eigenvalue weighted by molar-refractivity contribution is 0.0303. The van der Waals surface area contributed by atoms with Gasteiger partial charge in [-0.15, -0.1) is 0 Å². The number of para-hydroxylation sites is 1. The number of hydrogen-bond donors (Lipinski definition) is 3. The third-order valence-corrected chi connectivity index (χ3v) is 4.12. The minimum atomic E-state index is -0.663. The Balaban J connectivity index is 1.64. The number of ether oxygens (including phenoxy) is 2. The van der Waals surface area contributed by atoms with E-state index in [9.17, 15) is 5.11 Å². The quantitative estimate of drug-likeness (QED) is 0.542. The second-order valence-electron chi connectivity index (χ2n) is 6.03. The minimum Gasteiger partial charge on any atom is -0.496 e. The molecule has 3 aromatic rings. The molecule has 5 nitrogen and oxygen atoms in total. The first kappa shape index (κ1) is 18.0. The molecule has 0 spiro atoms. The van der Waals surface area contributed by atoms with Crippen LogP contribution in [0, 0.1) is 0 Å². The number of hydrogen-bond acceptors (Lipinski definition) is 4. The molecule has 2 atom stereocenters. The van der Waals surface area contributed by atoms with Crippen molar-refractivity contribution in [3.05, 3.63) is 66.4 Å². The van der Waals surface area contributed by atoms with Gasteiger partial charge >= 0.3 is 0 Å². The molecule has 0 amide bonds. The summed E-state index contributed by atoms with van der Waals surface area (Å²) < 4.78 is 11.3. The van der Waals surface area contributed by atoms with Gasteiger partial charge in [0.15, 0.2) is 6.23 Å². The smallest absolute Gasteiger partial charge is 0.176 e. The van der Waals surface area contributed by atoms with Crippen LogP contribution in [0.3, 0.4) is 0 Å². The monoisotopic (exact) mass is 352 g/mol. The fourth-order valence-electron chi connectivity index (χ4n) is 2.78. The van der Waals surface area contributed by atoms with Gasteiger partial charge in [0.25, 0.3) is 0 Å². The molecule has 0 saturated heterocycles. The highest BCUT2D eigenvalue weighted by Crippen LogP contribution is 2.25. The first-order valence-corrected chi connectivity index (χ1v) is 8.63. The predicted octanol–water partition coefficient (Wildman–Crippen LogP) is 3.57. The Morgan fingerprint density at radius 2 is 1.92 bits per heavy atom. The number of nitrogens with one attached hydrogen (secondary N) is 2. The van der Waals surface area contributed by atoms with Crippen molar-refractivity contribution in [2.75, 3.05) is 13.7 Å². The molecule has 0 saturated carbocycles. The summed E-state index contributed by atoms with van der Waals surface area (Å²) in [5.41, 5.74) is 2.01. The first-order valence-electron chi connectivity index (χ1n) is 8.63. The van der Waals surface area contributed by atoms with Gasteiger partial charge in [-0.3, -0.25) is 5.32 Å². The van der Waals surface area contributed by atoms with Crippen LogP contribution in [0.4, 0.5) is 0 Å². The highest BCUT2D eigenvalue weighted by Gasteiger charge is 2.16. The summed E-state index contributed by atoms with van der Waals surface area (Å²) in [6.45, 7) is 2.26. The molecule has 0 fully saturated rings. The van der Waals surface area contributed by atoms with Gasteiger partial charge in [-0.05, 0) is 31.2 Å². The van der Waals surface area contributed by atoms with Crippen LogP contribution >= 0.6 is 0 Å². The number of H-pyrrole nitrogens is 1. The zero-order valence-electron chi connectivity index (χ0n) is 15.0. The number of methoxy groups -OCH3 is 1. The molecule has 3 N–H and O–H groups in total. The van der Waals surface area contributed by atoms with Crippen LogP contribution in [0.5, 0.6) is 11.5 Å². The number of rotatable bonds is 8. The lowest BCUT2D eigenvalue weighted by atomic mass is 10.2. The van der Waals surface area contributed by atoms with Crippen molar-refractivity contribution in [3.8, 4) is 11.5 Å². The van der Waals surface area contributed by atoms with Gasteiger partial charge in [0, 0.05) is 29.2 Å². The summed E-state index contributed by atoms with van der Waals surface area (Å²) in [5.74, 6) is 1.56. The molecule has 0 aliphatic carbocycles. The number of aliphatic hydroxyl groups is 1. The van der Waals surface area contributed by atoms with E-state index in [0.29, 0.717) is 6.54 Å². The van der Waals surface area contributed by atoms with Gasteiger partial charge in [-0.2, -0.15) is 0 Å². The zero-order valence-corrected chi connectivity index (χ0v) is 15.0. The Kier molecular flexibility index (Phi) is 5.94. The van der Waals surface area contributed by atoms with Crippen molar-refractivity contribution in [1.29, 1.82) is 0 Å². The predicted molar refractivity (Wildman–Crippen MR) is 104 cm³/mol. The molecule has 0 aliphatic heterocycles. The highest BCUT2D eigenvalue weighted by molar-refractivity contribution is 5.85. The molecular formula is C21H24N2O3. The van der Waals surface area contributed by atoms with E-state index in [1.807, 2.05) is 66.9 Å². The molecule has 3 rings (SSSR count). The molecule has 26 heavy (non-hydrogen) atoms. The van der Waals surface area contributed by atoms with E-state index in [2.05, 4.69) is 10.3 Å². The second-order valence-corrected chi connectivity index (χ2v) is 6.03. The topological polar surface area (TPSA) is 66.5 Å². The molecule has 2 aromatic carbocycles. The van der Waals surface area contributed by atoms with Crippen molar-refractivity contribution in [1.82, 2.24) is 10.3 Å². The number of aromatic nitrogens is 1. The minimum absolute atomic E-state index is 0.516. The van der Waals surface area contributed by atoms with Crippen molar-refractivity contribution < 1.29 is 14.6 Å². The number of benzene rings is 2. The van der Waals surface area contributed by atoms with Gasteiger partial charge in [-0.1, -0.05) is 36.4 Å². The maximum absolute atomic E-state index is 10.1. The third-order valence-electron chi connectivity index (χ3n) is 4.12. The summed E-state index contributed by atoms with van der Waals surface area (Å²) in [5, 5.41) is 14.3. The molecule has 1 heterocycles. The Hall–Kier alpha value is -2.76. The molecular weight excluding hydrogens is 328 g/mol. The Morgan fingerprint density at radius 3 is 2.73 bits per heavy atom. The summed E-state index contributed by atoms with van der Waals surface area (Å²) >= 11 is 0. The number of aliphatic hydroxyl groups excluding tert-OH is 1. The van der Waals surface area contributed by atoms with Crippen LogP contribution in [0.25, 0.3) is 17.0 Å². The summed E-state index contributed by atoms with van der Waals surface area (Å²) in [6, 6.07) is 15.6. The van der Waals surface area contributed by atoms with E-state index >= 15 is 0 Å². The second kappa shape index (κ2) is 8.56. The summed E-state index contributed by atoms with van der Waals surface area (Å²) in [6.07, 6.45) is 4.66. The van der Waals surface area contributed by atoms with Crippen molar-refractivity contribution in [2.45, 2.75) is 19.3 Å². The van der Waals surface area contributed by atoms with E-state index in [-0.39, 0.29) is 0 Å². The first-order chi connectivity index (χ1) is 12.7. The fourth-order valence-corrected chi connectivity index (χ4v) is 2.78. The highest BCUT2D eigenvalue weighted by atomic mass is 16.5. The van der Waals surface area contributed by atoms with E-state index < -0.39 is 12.3 Å². The van der Waals surface area contributed by atoms with E-state index in [4.69, 9.17) is 9.47 Å². The third kappa shape index (κ3) is 4.25. The van der Waals surface area contributed by atoms with Crippen molar-refractivity contribution in [3.63, 3.8) is 0 Å². The van der Waals surface area contributed by atoms with E-state index in [1.54, 1.807) is 14.0 Å². The lowest BCUT2D eigenvalue weighted by Crippen LogP contribution is -2.43. The Labute approximate surface area is 153 Å². The Morgan fingerprint density at radius 1 is 1.12 bits per heavy atom. The van der Waals surface area contributed by atoms with Crippen molar-refractivity contribution >= 4 is 17.0 Å². The molecule has 1 aromatic heterocycles. The maximum atomic E-state index is 10.1. The summed E-state index contributed by atoms with van der Waals surface area (Å²) in [7, 11) is 1.66. The molecule has 2 unspecified atom stereocenters. The van der Waals surface area contributed by atoms with Gasteiger partial charge < -0.3 is 19.6 Å². The standard InChI is InChI=1S/C21H24N2O3/c1-15(24)21(26-20-11-5-9-18-17(20)12-14-22-18)23-13-6-8-16-7-3-4-10-19(16)25-2/h3-12,14-15,21-24H,13H2,1-2H3. The van der Waals surface area contributed by atoms with Crippen LogP contribution in [0.1, 0.15) is 12.5 Å². The zero-order chi connectivity index (χ0) is 18.4. The normalized spacial score (nSPS) is 13.8. The SMILES string of the molecule is COc1ccccc1C=CCNC(Oc1cccc2[nH]ccc12)C(C)O. The van der Waals surface area contributed by atoms with Crippen LogP contribution in [-0.2, 0) is 0 Å². The van der Waals surface area contributed by atoms with Crippen LogP contribution in [0.15, 0.2) is 60.8 Å². The largest absolute Gasteiger partial charge is 0.496 e. The van der Waals surface area contributed by atoms with Crippen LogP contribution in [0.2, 0.25) is 0 Å². The molecule has 0 bridgehead atoms. The van der Waals surface area contributed by atoms with Crippen LogP contribution in [-0.4, -0.2) is 36.1 Å². The van der Waals surface area contributed by atoms with Crippen LogP contribution < -0.4 is 14.8 Å². The maximum Gasteiger partial charge on any atom is 0.176 e. The van der Waals surface area contributed by atoms with Crippen molar-refractivity contribution in [2.24, 2.45) is 0 Å². The average Bonchev–Trinajstić information content (AvgIpc) is 3.14. The molecule has 136 valence electrons.